The molecule has 1 unspecified atom stereocenters. The maximum atomic E-state index is 6.44. The quantitative estimate of drug-likeness (QED) is 0.887. The van der Waals surface area contributed by atoms with Gasteiger partial charge in [-0.2, -0.15) is 5.10 Å². The second-order valence-electron chi connectivity index (χ2n) is 5.18. The lowest BCUT2D eigenvalue weighted by atomic mass is 9.96. The number of aromatic amines is 1. The number of aromatic nitrogens is 2. The van der Waals surface area contributed by atoms with Gasteiger partial charge in [0.1, 0.15) is 5.82 Å². The Labute approximate surface area is 117 Å². The number of nitrogens with zero attached hydrogens (tertiary/aromatic N) is 2. The number of H-pyrrole nitrogens is 1. The number of likely N-dealkylation sites (tertiary alicyclic amines) is 1. The van der Waals surface area contributed by atoms with Crippen molar-refractivity contribution < 1.29 is 0 Å². The SMILES string of the molecule is CN1CCC(c2ccc(-c3cn[nH]c3N)cc2Cl)C1. The third kappa shape index (κ3) is 2.33. The zero-order chi connectivity index (χ0) is 13.4. The van der Waals surface area contributed by atoms with E-state index in [9.17, 15) is 0 Å². The summed E-state index contributed by atoms with van der Waals surface area (Å²) in [4.78, 5) is 2.34. The van der Waals surface area contributed by atoms with Crippen LogP contribution in [0.5, 0.6) is 0 Å². The number of nitrogen functional groups attached to an aromatic ring is 1. The standard InChI is InChI=1S/C14H17ClN4/c1-19-5-4-10(8-19)11-3-2-9(6-13(11)15)12-7-17-18-14(12)16/h2-3,6-7,10H,4-5,8H2,1H3,(H3,16,17,18). The van der Waals surface area contributed by atoms with Crippen LogP contribution in [0.15, 0.2) is 24.4 Å². The van der Waals surface area contributed by atoms with E-state index in [1.165, 1.54) is 12.0 Å². The Kier molecular flexibility index (Phi) is 3.21. The van der Waals surface area contributed by atoms with E-state index in [2.05, 4.69) is 34.3 Å². The highest BCUT2D eigenvalue weighted by Gasteiger charge is 2.23. The molecule has 1 fully saturated rings. The average Bonchev–Trinajstić information content (AvgIpc) is 2.98. The molecule has 1 aliphatic rings. The number of hydrogen-bond acceptors (Lipinski definition) is 3. The topological polar surface area (TPSA) is 57.9 Å². The lowest BCUT2D eigenvalue weighted by Crippen LogP contribution is -2.13. The van der Waals surface area contributed by atoms with Crippen LogP contribution in [0, 0.1) is 0 Å². The summed E-state index contributed by atoms with van der Waals surface area (Å²) in [6.07, 6.45) is 2.90. The minimum absolute atomic E-state index is 0.535. The van der Waals surface area contributed by atoms with Gasteiger partial charge in [0.2, 0.25) is 0 Å². The number of hydrogen-bond donors (Lipinski definition) is 2. The highest BCUT2D eigenvalue weighted by Crippen LogP contribution is 2.35. The van der Waals surface area contributed by atoms with Crippen molar-refractivity contribution in [1.29, 1.82) is 0 Å². The van der Waals surface area contributed by atoms with Gasteiger partial charge in [-0.3, -0.25) is 5.10 Å². The Morgan fingerprint density at radius 1 is 1.47 bits per heavy atom. The fraction of sp³-hybridized carbons (Fsp3) is 0.357. The number of nitrogens with two attached hydrogens (primary N) is 1. The fourth-order valence-corrected chi connectivity index (χ4v) is 3.08. The normalized spacial score (nSPS) is 20.0. The average molecular weight is 277 g/mol. The molecular formula is C14H17ClN4. The van der Waals surface area contributed by atoms with Crippen LogP contribution in [0.4, 0.5) is 5.82 Å². The highest BCUT2D eigenvalue weighted by molar-refractivity contribution is 6.31. The predicted octanol–water partition coefficient (Wildman–Crippen LogP) is 2.73. The largest absolute Gasteiger partial charge is 0.384 e. The summed E-state index contributed by atoms with van der Waals surface area (Å²) in [6, 6.07) is 6.17. The Bertz CT molecular complexity index is 593. The van der Waals surface area contributed by atoms with Crippen molar-refractivity contribution in [3.8, 4) is 11.1 Å². The molecule has 5 heteroatoms. The van der Waals surface area contributed by atoms with Crippen LogP contribution in [-0.4, -0.2) is 35.2 Å². The Balaban J connectivity index is 1.92. The monoisotopic (exact) mass is 276 g/mol. The van der Waals surface area contributed by atoms with Crippen molar-refractivity contribution in [3.63, 3.8) is 0 Å². The summed E-state index contributed by atoms with van der Waals surface area (Å²) in [7, 11) is 2.15. The lowest BCUT2D eigenvalue weighted by Gasteiger charge is -2.13. The molecule has 2 aromatic rings. The zero-order valence-corrected chi connectivity index (χ0v) is 11.6. The Morgan fingerprint density at radius 2 is 2.32 bits per heavy atom. The predicted molar refractivity (Wildman–Crippen MR) is 78.3 cm³/mol. The van der Waals surface area contributed by atoms with Gasteiger partial charge in [0.05, 0.1) is 6.20 Å². The van der Waals surface area contributed by atoms with E-state index < -0.39 is 0 Å². The van der Waals surface area contributed by atoms with Crippen LogP contribution in [-0.2, 0) is 0 Å². The summed E-state index contributed by atoms with van der Waals surface area (Å²) < 4.78 is 0. The highest BCUT2D eigenvalue weighted by atomic mass is 35.5. The molecule has 0 aliphatic carbocycles. The van der Waals surface area contributed by atoms with E-state index in [1.54, 1.807) is 6.20 Å². The van der Waals surface area contributed by atoms with Gasteiger partial charge in [-0.15, -0.1) is 0 Å². The first-order valence-electron chi connectivity index (χ1n) is 6.42. The first kappa shape index (κ1) is 12.5. The molecule has 0 spiro atoms. The van der Waals surface area contributed by atoms with Gasteiger partial charge in [0.15, 0.2) is 0 Å². The molecule has 4 nitrogen and oxygen atoms in total. The maximum absolute atomic E-state index is 6.44. The molecule has 0 bridgehead atoms. The van der Waals surface area contributed by atoms with Gasteiger partial charge in [0, 0.05) is 17.1 Å². The number of nitrogens with one attached hydrogen (secondary N) is 1. The summed E-state index contributed by atoms with van der Waals surface area (Å²) in [5.41, 5.74) is 8.97. The molecule has 1 aromatic carbocycles. The van der Waals surface area contributed by atoms with E-state index in [1.807, 2.05) is 6.07 Å². The van der Waals surface area contributed by atoms with Crippen molar-refractivity contribution in [2.75, 3.05) is 25.9 Å². The molecule has 100 valence electrons. The van der Waals surface area contributed by atoms with E-state index in [0.717, 1.165) is 29.2 Å². The smallest absolute Gasteiger partial charge is 0.126 e. The van der Waals surface area contributed by atoms with Crippen LogP contribution in [0.25, 0.3) is 11.1 Å². The van der Waals surface area contributed by atoms with Crippen molar-refractivity contribution in [2.24, 2.45) is 0 Å². The van der Waals surface area contributed by atoms with E-state index in [0.29, 0.717) is 11.7 Å². The molecule has 3 N–H and O–H groups in total. The van der Waals surface area contributed by atoms with E-state index in [4.69, 9.17) is 17.3 Å². The molecule has 0 saturated carbocycles. The second-order valence-corrected chi connectivity index (χ2v) is 5.59. The van der Waals surface area contributed by atoms with Gasteiger partial charge in [0.25, 0.3) is 0 Å². The minimum Gasteiger partial charge on any atom is -0.384 e. The Morgan fingerprint density at radius 3 is 2.89 bits per heavy atom. The summed E-state index contributed by atoms with van der Waals surface area (Å²) in [5.74, 6) is 1.11. The van der Waals surface area contributed by atoms with Crippen LogP contribution < -0.4 is 5.73 Å². The third-order valence-electron chi connectivity index (χ3n) is 3.81. The molecule has 1 aromatic heterocycles. The second kappa shape index (κ2) is 4.87. The van der Waals surface area contributed by atoms with E-state index >= 15 is 0 Å². The molecule has 0 amide bonds. The lowest BCUT2D eigenvalue weighted by molar-refractivity contribution is 0.411. The van der Waals surface area contributed by atoms with Crippen molar-refractivity contribution in [2.45, 2.75) is 12.3 Å². The van der Waals surface area contributed by atoms with Gasteiger partial charge >= 0.3 is 0 Å². The molecule has 19 heavy (non-hydrogen) atoms. The third-order valence-corrected chi connectivity index (χ3v) is 4.14. The van der Waals surface area contributed by atoms with Gasteiger partial charge in [-0.25, -0.2) is 0 Å². The van der Waals surface area contributed by atoms with Crippen LogP contribution >= 0.6 is 11.6 Å². The van der Waals surface area contributed by atoms with Gasteiger partial charge in [-0.1, -0.05) is 23.7 Å². The van der Waals surface area contributed by atoms with Crippen LogP contribution in [0.3, 0.4) is 0 Å². The number of anilines is 1. The molecule has 1 atom stereocenters. The summed E-state index contributed by atoms with van der Waals surface area (Å²) >= 11 is 6.44. The number of halogens is 1. The molecule has 2 heterocycles. The molecule has 1 saturated heterocycles. The fourth-order valence-electron chi connectivity index (χ4n) is 2.74. The summed E-state index contributed by atoms with van der Waals surface area (Å²) in [6.45, 7) is 2.21. The molecule has 0 radical (unpaired) electrons. The molecule has 1 aliphatic heterocycles. The number of benzene rings is 1. The number of likely N-dealkylation sites (N-methyl/N-ethyl adjacent to an activating group) is 1. The number of rotatable bonds is 2. The summed E-state index contributed by atoms with van der Waals surface area (Å²) in [5, 5.41) is 7.50. The van der Waals surface area contributed by atoms with Gasteiger partial charge in [-0.05, 0) is 43.1 Å². The first-order valence-corrected chi connectivity index (χ1v) is 6.80. The van der Waals surface area contributed by atoms with Crippen molar-refractivity contribution in [3.05, 3.63) is 35.0 Å². The van der Waals surface area contributed by atoms with Gasteiger partial charge < -0.3 is 10.6 Å². The first-order chi connectivity index (χ1) is 9.15. The van der Waals surface area contributed by atoms with Crippen LogP contribution in [0.2, 0.25) is 5.02 Å². The maximum Gasteiger partial charge on any atom is 0.126 e. The molecule has 3 rings (SSSR count). The van der Waals surface area contributed by atoms with Crippen molar-refractivity contribution >= 4 is 17.4 Å². The van der Waals surface area contributed by atoms with Crippen molar-refractivity contribution in [1.82, 2.24) is 15.1 Å². The molecular weight excluding hydrogens is 260 g/mol. The van der Waals surface area contributed by atoms with E-state index in [-0.39, 0.29) is 0 Å². The van der Waals surface area contributed by atoms with Crippen LogP contribution in [0.1, 0.15) is 17.9 Å². The Hall–Kier alpha value is -1.52. The minimum atomic E-state index is 0.535. The zero-order valence-electron chi connectivity index (χ0n) is 10.9.